The van der Waals surface area contributed by atoms with E-state index in [4.69, 9.17) is 11.6 Å². The molecule has 2 aromatic rings. The van der Waals surface area contributed by atoms with E-state index in [0.29, 0.717) is 0 Å². The Morgan fingerprint density at radius 2 is 1.53 bits per heavy atom. The SMILES string of the molecule is Cc1ccc(C(Cl)c2cc(F)c(F)c(F)c2)c(C)c1. The van der Waals surface area contributed by atoms with Gasteiger partial charge >= 0.3 is 0 Å². The van der Waals surface area contributed by atoms with Gasteiger partial charge in [-0.05, 0) is 42.7 Å². The molecule has 1 atom stereocenters. The second-order valence-corrected chi connectivity index (χ2v) is 4.96. The van der Waals surface area contributed by atoms with Crippen molar-refractivity contribution in [3.05, 3.63) is 70.0 Å². The largest absolute Gasteiger partial charge is 0.204 e. The van der Waals surface area contributed by atoms with Crippen molar-refractivity contribution in [1.29, 1.82) is 0 Å². The van der Waals surface area contributed by atoms with Gasteiger partial charge in [0.25, 0.3) is 0 Å². The van der Waals surface area contributed by atoms with Crippen LogP contribution in [0.1, 0.15) is 27.6 Å². The van der Waals surface area contributed by atoms with Gasteiger partial charge < -0.3 is 0 Å². The Kier molecular flexibility index (Phi) is 3.85. The molecule has 4 heteroatoms. The molecule has 0 aromatic heterocycles. The Labute approximate surface area is 114 Å². The second-order valence-electron chi connectivity index (χ2n) is 4.52. The first-order valence-corrected chi connectivity index (χ1v) is 6.19. The van der Waals surface area contributed by atoms with E-state index in [9.17, 15) is 13.2 Å². The van der Waals surface area contributed by atoms with Gasteiger partial charge in [0.2, 0.25) is 0 Å². The van der Waals surface area contributed by atoms with Crippen molar-refractivity contribution in [2.45, 2.75) is 19.2 Å². The predicted octanol–water partition coefficient (Wildman–Crippen LogP) is 5.05. The molecule has 19 heavy (non-hydrogen) atoms. The molecule has 0 heterocycles. The van der Waals surface area contributed by atoms with E-state index in [1.807, 2.05) is 32.0 Å². The van der Waals surface area contributed by atoms with Crippen molar-refractivity contribution >= 4 is 11.6 Å². The second kappa shape index (κ2) is 5.25. The van der Waals surface area contributed by atoms with Gasteiger partial charge in [0.05, 0.1) is 5.38 Å². The number of aryl methyl sites for hydroxylation is 2. The smallest absolute Gasteiger partial charge is 0.194 e. The minimum Gasteiger partial charge on any atom is -0.204 e. The molecule has 0 aliphatic heterocycles. The Bertz CT molecular complexity index is 600. The summed E-state index contributed by atoms with van der Waals surface area (Å²) in [7, 11) is 0. The van der Waals surface area contributed by atoms with Crippen LogP contribution in [-0.2, 0) is 0 Å². The predicted molar refractivity (Wildman–Crippen MR) is 69.9 cm³/mol. The van der Waals surface area contributed by atoms with Crippen molar-refractivity contribution < 1.29 is 13.2 Å². The van der Waals surface area contributed by atoms with E-state index < -0.39 is 22.8 Å². The molecule has 0 bridgehead atoms. The van der Waals surface area contributed by atoms with Crippen LogP contribution in [-0.4, -0.2) is 0 Å². The fourth-order valence-electron chi connectivity index (χ4n) is 2.01. The highest BCUT2D eigenvalue weighted by molar-refractivity contribution is 6.22. The van der Waals surface area contributed by atoms with Gasteiger partial charge in [0, 0.05) is 0 Å². The van der Waals surface area contributed by atoms with Crippen LogP contribution in [0, 0.1) is 31.3 Å². The summed E-state index contributed by atoms with van der Waals surface area (Å²) < 4.78 is 39.3. The van der Waals surface area contributed by atoms with Crippen LogP contribution in [0.3, 0.4) is 0 Å². The van der Waals surface area contributed by atoms with Crippen LogP contribution in [0.25, 0.3) is 0 Å². The third-order valence-electron chi connectivity index (χ3n) is 3.00. The first-order valence-electron chi connectivity index (χ1n) is 5.76. The molecule has 0 fully saturated rings. The van der Waals surface area contributed by atoms with Gasteiger partial charge in [0.1, 0.15) is 0 Å². The van der Waals surface area contributed by atoms with E-state index in [1.54, 1.807) is 0 Å². The van der Waals surface area contributed by atoms with Gasteiger partial charge in [-0.2, -0.15) is 0 Å². The monoisotopic (exact) mass is 284 g/mol. The third-order valence-corrected chi connectivity index (χ3v) is 3.48. The zero-order valence-electron chi connectivity index (χ0n) is 10.5. The number of alkyl halides is 1. The Hall–Kier alpha value is -1.48. The van der Waals surface area contributed by atoms with Gasteiger partial charge in [-0.15, -0.1) is 11.6 Å². The summed E-state index contributed by atoms with van der Waals surface area (Å²) in [6, 6.07) is 7.46. The molecule has 0 spiro atoms. The molecular weight excluding hydrogens is 273 g/mol. The number of halogens is 4. The summed E-state index contributed by atoms with van der Waals surface area (Å²) in [5.74, 6) is -3.94. The van der Waals surface area contributed by atoms with Crippen molar-refractivity contribution in [3.8, 4) is 0 Å². The number of rotatable bonds is 2. The highest BCUT2D eigenvalue weighted by Crippen LogP contribution is 2.32. The zero-order valence-corrected chi connectivity index (χ0v) is 11.2. The van der Waals surface area contributed by atoms with Crippen LogP contribution in [0.15, 0.2) is 30.3 Å². The summed E-state index contributed by atoms with van der Waals surface area (Å²) in [4.78, 5) is 0. The van der Waals surface area contributed by atoms with Gasteiger partial charge in [-0.3, -0.25) is 0 Å². The summed E-state index contributed by atoms with van der Waals surface area (Å²) in [5.41, 5.74) is 2.94. The molecule has 0 aliphatic carbocycles. The van der Waals surface area contributed by atoms with Gasteiger partial charge in [-0.1, -0.05) is 23.8 Å². The van der Waals surface area contributed by atoms with Crippen LogP contribution in [0.5, 0.6) is 0 Å². The molecule has 0 aliphatic rings. The lowest BCUT2D eigenvalue weighted by Crippen LogP contribution is -2.00. The normalized spacial score (nSPS) is 12.5. The van der Waals surface area contributed by atoms with Gasteiger partial charge in [0.15, 0.2) is 17.5 Å². The fraction of sp³-hybridized carbons (Fsp3) is 0.200. The average molecular weight is 285 g/mol. The minimum absolute atomic E-state index is 0.199. The van der Waals surface area contributed by atoms with Crippen LogP contribution < -0.4 is 0 Å². The Morgan fingerprint density at radius 3 is 2.05 bits per heavy atom. The lowest BCUT2D eigenvalue weighted by atomic mass is 9.98. The molecule has 100 valence electrons. The van der Waals surface area contributed by atoms with E-state index in [1.165, 1.54) is 0 Å². The topological polar surface area (TPSA) is 0 Å². The molecule has 0 saturated heterocycles. The standard InChI is InChI=1S/C15H12ClF3/c1-8-3-4-11(9(2)5-8)14(16)10-6-12(17)15(19)13(18)7-10/h3-7,14H,1-2H3. The molecular formula is C15H12ClF3. The zero-order chi connectivity index (χ0) is 14.2. The summed E-state index contributed by atoms with van der Waals surface area (Å²) in [6.07, 6.45) is 0. The maximum atomic E-state index is 13.2. The average Bonchev–Trinajstić information content (AvgIpc) is 2.34. The third kappa shape index (κ3) is 2.76. The number of benzene rings is 2. The van der Waals surface area contributed by atoms with Crippen molar-refractivity contribution in [3.63, 3.8) is 0 Å². The molecule has 0 N–H and O–H groups in total. The van der Waals surface area contributed by atoms with E-state index in [0.717, 1.165) is 28.8 Å². The molecule has 0 nitrogen and oxygen atoms in total. The number of hydrogen-bond acceptors (Lipinski definition) is 0. The lowest BCUT2D eigenvalue weighted by Gasteiger charge is -2.14. The fourth-order valence-corrected chi connectivity index (χ4v) is 2.38. The molecule has 2 aromatic carbocycles. The maximum Gasteiger partial charge on any atom is 0.194 e. The van der Waals surface area contributed by atoms with Crippen LogP contribution >= 0.6 is 11.6 Å². The molecule has 0 radical (unpaired) electrons. The maximum absolute atomic E-state index is 13.2. The van der Waals surface area contributed by atoms with E-state index in [-0.39, 0.29) is 5.56 Å². The van der Waals surface area contributed by atoms with Crippen LogP contribution in [0.2, 0.25) is 0 Å². The molecule has 0 saturated carbocycles. The van der Waals surface area contributed by atoms with Crippen LogP contribution in [0.4, 0.5) is 13.2 Å². The van der Waals surface area contributed by atoms with Crippen molar-refractivity contribution in [1.82, 2.24) is 0 Å². The van der Waals surface area contributed by atoms with Crippen molar-refractivity contribution in [2.24, 2.45) is 0 Å². The quantitative estimate of drug-likeness (QED) is 0.535. The molecule has 2 rings (SSSR count). The first kappa shape index (κ1) is 13.9. The van der Waals surface area contributed by atoms with Crippen molar-refractivity contribution in [2.75, 3.05) is 0 Å². The Morgan fingerprint density at radius 1 is 0.947 bits per heavy atom. The minimum atomic E-state index is -1.48. The highest BCUT2D eigenvalue weighted by atomic mass is 35.5. The summed E-state index contributed by atoms with van der Waals surface area (Å²) in [6.45, 7) is 3.81. The molecule has 1 unspecified atom stereocenters. The Balaban J connectivity index is 2.47. The molecule has 0 amide bonds. The highest BCUT2D eigenvalue weighted by Gasteiger charge is 2.18. The summed E-state index contributed by atoms with van der Waals surface area (Å²) in [5, 5.41) is -0.717. The lowest BCUT2D eigenvalue weighted by molar-refractivity contribution is 0.445. The number of hydrogen-bond donors (Lipinski definition) is 0. The van der Waals surface area contributed by atoms with E-state index in [2.05, 4.69) is 0 Å². The summed E-state index contributed by atoms with van der Waals surface area (Å²) >= 11 is 6.23. The first-order chi connectivity index (χ1) is 8.90. The van der Waals surface area contributed by atoms with E-state index >= 15 is 0 Å². The van der Waals surface area contributed by atoms with Gasteiger partial charge in [-0.25, -0.2) is 13.2 Å².